The number of piperidine rings is 1. The second kappa shape index (κ2) is 8.80. The molecule has 29 heavy (non-hydrogen) atoms. The van der Waals surface area contributed by atoms with Gasteiger partial charge in [-0.2, -0.15) is 0 Å². The molecule has 0 radical (unpaired) electrons. The first-order valence-electron chi connectivity index (χ1n) is 9.78. The molecular weight excluding hydrogens is 409 g/mol. The van der Waals surface area contributed by atoms with E-state index < -0.39 is 5.60 Å². The molecule has 1 aliphatic heterocycles. The zero-order chi connectivity index (χ0) is 21.2. The summed E-state index contributed by atoms with van der Waals surface area (Å²) in [6.07, 6.45) is 5.06. The Morgan fingerprint density at radius 3 is 2.34 bits per heavy atom. The van der Waals surface area contributed by atoms with Crippen molar-refractivity contribution < 1.29 is 9.53 Å². The number of nitrogens with one attached hydrogen (secondary N) is 1. The lowest BCUT2D eigenvalue weighted by Crippen LogP contribution is -2.46. The number of alkyl carbamates (subject to hydrolysis) is 1. The van der Waals surface area contributed by atoms with E-state index in [9.17, 15) is 4.79 Å². The van der Waals surface area contributed by atoms with Gasteiger partial charge in [0.05, 0.1) is 5.69 Å². The van der Waals surface area contributed by atoms with E-state index in [4.69, 9.17) is 27.9 Å². The molecule has 1 N–H and O–H groups in total. The van der Waals surface area contributed by atoms with Gasteiger partial charge in [0.15, 0.2) is 0 Å². The number of hydrogen-bond donors (Lipinski definition) is 1. The van der Waals surface area contributed by atoms with Crippen molar-refractivity contribution in [2.24, 2.45) is 0 Å². The van der Waals surface area contributed by atoms with Gasteiger partial charge in [0.1, 0.15) is 5.60 Å². The standard InChI is InChI=1S/C22H27Cl2N3O2/c1-14-12-25-13-19(15-9-16(23)11-17(24)10-15)20(14)27-7-5-18(6-8-27)26-21(28)29-22(2,3)4/h9-13,18H,5-8H2,1-4H3,(H,26,28). The van der Waals surface area contributed by atoms with E-state index in [2.05, 4.69) is 22.1 Å². The molecule has 0 spiro atoms. The van der Waals surface area contributed by atoms with Crippen LogP contribution in [0.1, 0.15) is 39.2 Å². The first-order valence-corrected chi connectivity index (χ1v) is 10.5. The molecule has 1 amide bonds. The number of benzene rings is 1. The van der Waals surface area contributed by atoms with Crippen LogP contribution >= 0.6 is 23.2 Å². The topological polar surface area (TPSA) is 54.5 Å². The quantitative estimate of drug-likeness (QED) is 0.655. The smallest absolute Gasteiger partial charge is 0.407 e. The first kappa shape index (κ1) is 21.7. The fourth-order valence-electron chi connectivity index (χ4n) is 3.62. The number of rotatable bonds is 3. The van der Waals surface area contributed by atoms with Crippen molar-refractivity contribution in [1.29, 1.82) is 0 Å². The van der Waals surface area contributed by atoms with Crippen LogP contribution in [-0.2, 0) is 4.74 Å². The molecule has 1 aromatic carbocycles. The van der Waals surface area contributed by atoms with E-state index in [-0.39, 0.29) is 12.1 Å². The van der Waals surface area contributed by atoms with Crippen molar-refractivity contribution >= 4 is 35.0 Å². The fourth-order valence-corrected chi connectivity index (χ4v) is 4.15. The summed E-state index contributed by atoms with van der Waals surface area (Å²) in [5.41, 5.74) is 3.69. The van der Waals surface area contributed by atoms with E-state index >= 15 is 0 Å². The Bertz CT molecular complexity index is 868. The highest BCUT2D eigenvalue weighted by molar-refractivity contribution is 6.35. The van der Waals surface area contributed by atoms with Gasteiger partial charge in [-0.05, 0) is 69.9 Å². The minimum absolute atomic E-state index is 0.104. The number of aromatic nitrogens is 1. The van der Waals surface area contributed by atoms with Crippen LogP contribution < -0.4 is 10.2 Å². The molecule has 1 aliphatic rings. The van der Waals surface area contributed by atoms with Crippen LogP contribution in [0, 0.1) is 6.92 Å². The third-order valence-corrected chi connectivity index (χ3v) is 5.24. The minimum Gasteiger partial charge on any atom is -0.444 e. The summed E-state index contributed by atoms with van der Waals surface area (Å²) < 4.78 is 5.37. The number of amides is 1. The van der Waals surface area contributed by atoms with Gasteiger partial charge < -0.3 is 15.0 Å². The molecule has 7 heteroatoms. The van der Waals surface area contributed by atoms with Gasteiger partial charge in [0.25, 0.3) is 0 Å². The van der Waals surface area contributed by atoms with Crippen LogP contribution in [0.3, 0.4) is 0 Å². The molecule has 5 nitrogen and oxygen atoms in total. The van der Waals surface area contributed by atoms with E-state index in [0.29, 0.717) is 10.0 Å². The van der Waals surface area contributed by atoms with Crippen molar-refractivity contribution in [3.05, 3.63) is 46.2 Å². The van der Waals surface area contributed by atoms with Crippen LogP contribution in [0.25, 0.3) is 11.1 Å². The average Bonchev–Trinajstić information content (AvgIpc) is 2.60. The summed E-state index contributed by atoms with van der Waals surface area (Å²) in [6, 6.07) is 5.64. The summed E-state index contributed by atoms with van der Waals surface area (Å²) in [5.74, 6) is 0. The van der Waals surface area contributed by atoms with Gasteiger partial charge in [0.2, 0.25) is 0 Å². The molecule has 0 unspecified atom stereocenters. The number of hydrogen-bond acceptors (Lipinski definition) is 4. The highest BCUT2D eigenvalue weighted by atomic mass is 35.5. The lowest BCUT2D eigenvalue weighted by Gasteiger charge is -2.36. The monoisotopic (exact) mass is 435 g/mol. The van der Waals surface area contributed by atoms with E-state index in [1.165, 1.54) is 0 Å². The molecule has 1 fully saturated rings. The zero-order valence-electron chi connectivity index (χ0n) is 17.3. The number of halogens is 2. The highest BCUT2D eigenvalue weighted by Gasteiger charge is 2.26. The number of nitrogens with zero attached hydrogens (tertiary/aromatic N) is 2. The summed E-state index contributed by atoms with van der Waals surface area (Å²) >= 11 is 12.4. The van der Waals surface area contributed by atoms with Gasteiger partial charge in [-0.3, -0.25) is 4.98 Å². The number of aryl methyl sites for hydroxylation is 1. The Morgan fingerprint density at radius 1 is 1.14 bits per heavy atom. The van der Waals surface area contributed by atoms with Crippen LogP contribution in [0.4, 0.5) is 10.5 Å². The SMILES string of the molecule is Cc1cncc(-c2cc(Cl)cc(Cl)c2)c1N1CCC(NC(=O)OC(C)(C)C)CC1. The normalized spacial score (nSPS) is 15.3. The first-order chi connectivity index (χ1) is 13.6. The number of pyridine rings is 1. The maximum atomic E-state index is 12.1. The third kappa shape index (κ3) is 5.77. The summed E-state index contributed by atoms with van der Waals surface area (Å²) in [5, 5.41) is 4.18. The molecular formula is C22H27Cl2N3O2. The fraction of sp³-hybridized carbons (Fsp3) is 0.455. The average molecular weight is 436 g/mol. The predicted octanol–water partition coefficient (Wildman–Crippen LogP) is 5.86. The Labute approximate surface area is 182 Å². The Morgan fingerprint density at radius 2 is 1.76 bits per heavy atom. The van der Waals surface area contributed by atoms with E-state index in [1.807, 2.05) is 45.3 Å². The van der Waals surface area contributed by atoms with Crippen LogP contribution in [0.5, 0.6) is 0 Å². The Kier molecular flexibility index (Phi) is 6.59. The Hall–Kier alpha value is -1.98. The van der Waals surface area contributed by atoms with E-state index in [1.54, 1.807) is 6.07 Å². The third-order valence-electron chi connectivity index (χ3n) is 4.81. The largest absolute Gasteiger partial charge is 0.444 e. The van der Waals surface area contributed by atoms with Gasteiger partial charge in [-0.15, -0.1) is 0 Å². The maximum Gasteiger partial charge on any atom is 0.407 e. The summed E-state index contributed by atoms with van der Waals surface area (Å²) in [4.78, 5) is 18.8. The summed E-state index contributed by atoms with van der Waals surface area (Å²) in [7, 11) is 0. The summed E-state index contributed by atoms with van der Waals surface area (Å²) in [6.45, 7) is 9.31. The van der Waals surface area contributed by atoms with Gasteiger partial charge >= 0.3 is 6.09 Å². The van der Waals surface area contributed by atoms with Crippen LogP contribution in [0.2, 0.25) is 10.0 Å². The molecule has 0 aliphatic carbocycles. The molecule has 2 heterocycles. The molecule has 1 aromatic heterocycles. The predicted molar refractivity (Wildman–Crippen MR) is 119 cm³/mol. The molecule has 0 atom stereocenters. The number of ether oxygens (including phenoxy) is 1. The second-order valence-corrected chi connectivity index (χ2v) is 9.29. The maximum absolute atomic E-state index is 12.1. The number of carbonyl (C=O) groups excluding carboxylic acids is 1. The minimum atomic E-state index is -0.494. The Balaban J connectivity index is 1.75. The van der Waals surface area contributed by atoms with Crippen molar-refractivity contribution in [2.45, 2.75) is 52.2 Å². The zero-order valence-corrected chi connectivity index (χ0v) is 18.8. The lowest BCUT2D eigenvalue weighted by atomic mass is 9.99. The highest BCUT2D eigenvalue weighted by Crippen LogP contribution is 2.36. The van der Waals surface area contributed by atoms with Crippen LogP contribution in [0.15, 0.2) is 30.6 Å². The molecule has 156 valence electrons. The molecule has 0 bridgehead atoms. The van der Waals surface area contributed by atoms with Crippen molar-refractivity contribution in [1.82, 2.24) is 10.3 Å². The van der Waals surface area contributed by atoms with Gasteiger partial charge in [0, 0.05) is 47.1 Å². The molecule has 1 saturated heterocycles. The molecule has 0 saturated carbocycles. The van der Waals surface area contributed by atoms with Crippen molar-refractivity contribution in [3.63, 3.8) is 0 Å². The number of carbonyl (C=O) groups is 1. The molecule has 3 rings (SSSR count). The van der Waals surface area contributed by atoms with Crippen LogP contribution in [-0.4, -0.2) is 35.8 Å². The van der Waals surface area contributed by atoms with Crippen molar-refractivity contribution in [3.8, 4) is 11.1 Å². The van der Waals surface area contributed by atoms with Gasteiger partial charge in [-0.25, -0.2) is 4.79 Å². The second-order valence-electron chi connectivity index (χ2n) is 8.42. The van der Waals surface area contributed by atoms with E-state index in [0.717, 1.165) is 48.3 Å². The van der Waals surface area contributed by atoms with Crippen molar-refractivity contribution in [2.75, 3.05) is 18.0 Å². The molecule has 2 aromatic rings. The van der Waals surface area contributed by atoms with Gasteiger partial charge in [-0.1, -0.05) is 23.2 Å². The number of anilines is 1. The lowest BCUT2D eigenvalue weighted by molar-refractivity contribution is 0.0497.